The van der Waals surface area contributed by atoms with Crippen LogP contribution in [0.25, 0.3) is 0 Å². The Bertz CT molecular complexity index is 301. The van der Waals surface area contributed by atoms with Crippen LogP contribution in [-0.4, -0.2) is 41.0 Å². The Morgan fingerprint density at radius 1 is 1.19 bits per heavy atom. The van der Waals surface area contributed by atoms with E-state index in [1.165, 1.54) is 12.8 Å². The molecule has 1 N–H and O–H groups in total. The summed E-state index contributed by atoms with van der Waals surface area (Å²) in [5, 5.41) is 3.42. The molecule has 4 heteroatoms. The van der Waals surface area contributed by atoms with Crippen LogP contribution in [-0.2, 0) is 6.54 Å². The lowest BCUT2D eigenvalue weighted by molar-refractivity contribution is 0.242. The molecule has 0 saturated carbocycles. The third-order valence-electron chi connectivity index (χ3n) is 2.88. The Kier molecular flexibility index (Phi) is 4.25. The van der Waals surface area contributed by atoms with Crippen molar-refractivity contribution in [3.05, 3.63) is 23.8 Å². The smallest absolute Gasteiger partial charge is 0.0727 e. The molecule has 1 aliphatic heterocycles. The number of aryl methyl sites for hydroxylation is 1. The van der Waals surface area contributed by atoms with Gasteiger partial charge in [-0.3, -0.25) is 14.9 Å². The van der Waals surface area contributed by atoms with Gasteiger partial charge in [-0.2, -0.15) is 0 Å². The van der Waals surface area contributed by atoms with E-state index in [4.69, 9.17) is 0 Å². The Balaban J connectivity index is 1.89. The molecule has 1 aromatic heterocycles. The summed E-state index contributed by atoms with van der Waals surface area (Å²) in [7, 11) is 0. The van der Waals surface area contributed by atoms with Gasteiger partial charge in [0, 0.05) is 18.9 Å². The highest BCUT2D eigenvalue weighted by Gasteiger charge is 2.08. The minimum Gasteiger partial charge on any atom is -0.317 e. The van der Waals surface area contributed by atoms with Crippen molar-refractivity contribution in [1.82, 2.24) is 20.2 Å². The van der Waals surface area contributed by atoms with Crippen LogP contribution in [0.4, 0.5) is 0 Å². The first kappa shape index (κ1) is 11.5. The molecule has 2 heterocycles. The molecule has 0 aromatic carbocycles. The summed E-state index contributed by atoms with van der Waals surface area (Å²) in [4.78, 5) is 11.2. The van der Waals surface area contributed by atoms with Gasteiger partial charge < -0.3 is 5.32 Å². The summed E-state index contributed by atoms with van der Waals surface area (Å²) in [6.45, 7) is 7.49. The monoisotopic (exact) mass is 220 g/mol. The molecule has 1 aromatic rings. The SMILES string of the molecule is Cc1cnc(CN2CCCNCCC2)cn1. The van der Waals surface area contributed by atoms with Crippen molar-refractivity contribution in [2.75, 3.05) is 26.2 Å². The lowest BCUT2D eigenvalue weighted by atomic mass is 10.2. The van der Waals surface area contributed by atoms with Crippen LogP contribution in [0.3, 0.4) is 0 Å². The van der Waals surface area contributed by atoms with Crippen LogP contribution in [0.1, 0.15) is 24.2 Å². The molecule has 1 fully saturated rings. The minimum atomic E-state index is 0.938. The van der Waals surface area contributed by atoms with E-state index in [9.17, 15) is 0 Å². The fraction of sp³-hybridized carbons (Fsp3) is 0.667. The molecule has 88 valence electrons. The number of nitrogens with one attached hydrogen (secondary N) is 1. The molecule has 0 aliphatic carbocycles. The normalized spacial score (nSPS) is 19.1. The molecular formula is C12H20N4. The summed E-state index contributed by atoms with van der Waals surface area (Å²) in [5.41, 5.74) is 2.07. The molecule has 0 atom stereocenters. The van der Waals surface area contributed by atoms with Crippen molar-refractivity contribution >= 4 is 0 Å². The van der Waals surface area contributed by atoms with Crippen LogP contribution in [0, 0.1) is 6.92 Å². The van der Waals surface area contributed by atoms with Gasteiger partial charge in [-0.1, -0.05) is 0 Å². The zero-order chi connectivity index (χ0) is 11.2. The third kappa shape index (κ3) is 3.54. The lowest BCUT2D eigenvalue weighted by Crippen LogP contribution is -2.33. The van der Waals surface area contributed by atoms with Gasteiger partial charge in [0.15, 0.2) is 0 Å². The molecule has 2 rings (SSSR count). The molecule has 1 saturated heterocycles. The van der Waals surface area contributed by atoms with E-state index in [1.54, 1.807) is 0 Å². The van der Waals surface area contributed by atoms with Crippen molar-refractivity contribution in [2.24, 2.45) is 0 Å². The van der Waals surface area contributed by atoms with E-state index >= 15 is 0 Å². The number of hydrogen-bond acceptors (Lipinski definition) is 4. The van der Waals surface area contributed by atoms with Crippen LogP contribution < -0.4 is 5.32 Å². The largest absolute Gasteiger partial charge is 0.317 e. The van der Waals surface area contributed by atoms with E-state index in [0.29, 0.717) is 0 Å². The van der Waals surface area contributed by atoms with Gasteiger partial charge in [0.2, 0.25) is 0 Å². The number of hydrogen-bond donors (Lipinski definition) is 1. The van der Waals surface area contributed by atoms with Gasteiger partial charge in [-0.15, -0.1) is 0 Å². The summed E-state index contributed by atoms with van der Waals surface area (Å²) in [5.74, 6) is 0. The van der Waals surface area contributed by atoms with Gasteiger partial charge in [-0.05, 0) is 45.9 Å². The van der Waals surface area contributed by atoms with Gasteiger partial charge in [-0.25, -0.2) is 0 Å². The highest BCUT2D eigenvalue weighted by atomic mass is 15.1. The maximum absolute atomic E-state index is 4.41. The van der Waals surface area contributed by atoms with E-state index in [1.807, 2.05) is 19.3 Å². The Morgan fingerprint density at radius 2 is 1.94 bits per heavy atom. The maximum Gasteiger partial charge on any atom is 0.0727 e. The summed E-state index contributed by atoms with van der Waals surface area (Å²) in [6.07, 6.45) is 6.19. The van der Waals surface area contributed by atoms with Gasteiger partial charge in [0.1, 0.15) is 0 Å². The summed E-state index contributed by atoms with van der Waals surface area (Å²) < 4.78 is 0. The Morgan fingerprint density at radius 3 is 2.56 bits per heavy atom. The highest BCUT2D eigenvalue weighted by Crippen LogP contribution is 2.04. The van der Waals surface area contributed by atoms with Gasteiger partial charge in [0.25, 0.3) is 0 Å². The van der Waals surface area contributed by atoms with Crippen LogP contribution in [0.15, 0.2) is 12.4 Å². The average molecular weight is 220 g/mol. The summed E-state index contributed by atoms with van der Waals surface area (Å²) in [6, 6.07) is 0. The molecule has 16 heavy (non-hydrogen) atoms. The second-order valence-corrected chi connectivity index (χ2v) is 4.38. The molecule has 0 bridgehead atoms. The highest BCUT2D eigenvalue weighted by molar-refractivity contribution is 5.00. The predicted molar refractivity (Wildman–Crippen MR) is 64.1 cm³/mol. The fourth-order valence-electron chi connectivity index (χ4n) is 1.98. The molecular weight excluding hydrogens is 200 g/mol. The number of rotatable bonds is 2. The third-order valence-corrected chi connectivity index (χ3v) is 2.88. The zero-order valence-corrected chi connectivity index (χ0v) is 9.95. The van der Waals surface area contributed by atoms with E-state index in [2.05, 4.69) is 20.2 Å². The number of aromatic nitrogens is 2. The van der Waals surface area contributed by atoms with Crippen LogP contribution in [0.2, 0.25) is 0 Å². The van der Waals surface area contributed by atoms with Crippen molar-refractivity contribution in [1.29, 1.82) is 0 Å². The van der Waals surface area contributed by atoms with E-state index in [0.717, 1.165) is 44.1 Å². The topological polar surface area (TPSA) is 41.1 Å². The van der Waals surface area contributed by atoms with E-state index < -0.39 is 0 Å². The van der Waals surface area contributed by atoms with Crippen molar-refractivity contribution in [3.63, 3.8) is 0 Å². The second kappa shape index (κ2) is 5.92. The standard InChI is InChI=1S/C12H20N4/c1-11-8-15-12(9-14-11)10-16-6-2-4-13-5-3-7-16/h8-9,13H,2-7,10H2,1H3. The maximum atomic E-state index is 4.41. The lowest BCUT2D eigenvalue weighted by Gasteiger charge is -2.24. The van der Waals surface area contributed by atoms with Crippen molar-refractivity contribution in [3.8, 4) is 0 Å². The van der Waals surface area contributed by atoms with Crippen LogP contribution in [0.5, 0.6) is 0 Å². The first-order valence-electron chi connectivity index (χ1n) is 6.05. The van der Waals surface area contributed by atoms with Crippen molar-refractivity contribution < 1.29 is 0 Å². The van der Waals surface area contributed by atoms with Crippen molar-refractivity contribution in [2.45, 2.75) is 26.3 Å². The first-order chi connectivity index (χ1) is 7.84. The molecule has 1 aliphatic rings. The molecule has 0 amide bonds. The van der Waals surface area contributed by atoms with E-state index in [-0.39, 0.29) is 0 Å². The molecule has 0 radical (unpaired) electrons. The Hall–Kier alpha value is -1.00. The summed E-state index contributed by atoms with van der Waals surface area (Å²) >= 11 is 0. The fourth-order valence-corrected chi connectivity index (χ4v) is 1.98. The zero-order valence-electron chi connectivity index (χ0n) is 9.95. The number of nitrogens with zero attached hydrogens (tertiary/aromatic N) is 3. The minimum absolute atomic E-state index is 0.938. The molecule has 0 unspecified atom stereocenters. The first-order valence-corrected chi connectivity index (χ1v) is 6.05. The average Bonchev–Trinajstić information content (AvgIpc) is 2.25. The predicted octanol–water partition coefficient (Wildman–Crippen LogP) is 0.970. The Labute approximate surface area is 97.1 Å². The van der Waals surface area contributed by atoms with Crippen LogP contribution >= 0.6 is 0 Å². The molecule has 0 spiro atoms. The second-order valence-electron chi connectivity index (χ2n) is 4.38. The van der Waals surface area contributed by atoms with Gasteiger partial charge >= 0.3 is 0 Å². The quantitative estimate of drug-likeness (QED) is 0.806. The molecule has 4 nitrogen and oxygen atoms in total. The van der Waals surface area contributed by atoms with Gasteiger partial charge in [0.05, 0.1) is 11.4 Å².